The van der Waals surface area contributed by atoms with Crippen LogP contribution in [0.4, 0.5) is 5.69 Å². The van der Waals surface area contributed by atoms with E-state index < -0.39 is 0 Å². The van der Waals surface area contributed by atoms with Gasteiger partial charge >= 0.3 is 0 Å². The van der Waals surface area contributed by atoms with Gasteiger partial charge in [0.1, 0.15) is 5.69 Å². The zero-order chi connectivity index (χ0) is 14.2. The molecule has 2 aromatic rings. The van der Waals surface area contributed by atoms with Gasteiger partial charge in [-0.1, -0.05) is 0 Å². The van der Waals surface area contributed by atoms with Crippen LogP contribution in [0.3, 0.4) is 0 Å². The van der Waals surface area contributed by atoms with Crippen LogP contribution < -0.4 is 11.1 Å². The number of hydrogen-bond acceptors (Lipinski definition) is 3. The van der Waals surface area contributed by atoms with Gasteiger partial charge in [0.05, 0.1) is 0 Å². The summed E-state index contributed by atoms with van der Waals surface area (Å²) in [5.74, 6) is -0.178. The lowest BCUT2D eigenvalue weighted by molar-refractivity contribution is 0.0916. The van der Waals surface area contributed by atoms with E-state index in [-0.39, 0.29) is 11.4 Å². The average Bonchev–Trinajstić information content (AvgIpc) is 2.25. The van der Waals surface area contributed by atoms with Crippen LogP contribution in [0.2, 0.25) is 0 Å². The molecule has 100 valence electrons. The molecule has 0 bridgehead atoms. The summed E-state index contributed by atoms with van der Waals surface area (Å²) in [5, 5.41) is 4.58. The molecule has 0 saturated heterocycles. The third-order valence-corrected chi connectivity index (χ3v) is 2.76. The summed E-state index contributed by atoms with van der Waals surface area (Å²) in [6.07, 6.45) is 1.62. The number of nitrogens with two attached hydrogens (primary N) is 1. The Morgan fingerprint density at radius 3 is 2.58 bits per heavy atom. The molecular formula is C15H19N3O. The molecule has 1 amide bonds. The quantitative estimate of drug-likeness (QED) is 0.772. The first-order valence-electron chi connectivity index (χ1n) is 6.25. The van der Waals surface area contributed by atoms with Gasteiger partial charge in [0, 0.05) is 28.2 Å². The van der Waals surface area contributed by atoms with Gasteiger partial charge < -0.3 is 11.1 Å². The molecule has 0 radical (unpaired) electrons. The maximum absolute atomic E-state index is 12.3. The van der Waals surface area contributed by atoms with E-state index in [1.54, 1.807) is 6.20 Å². The van der Waals surface area contributed by atoms with Gasteiger partial charge in [-0.25, -0.2) is 0 Å². The molecule has 0 fully saturated rings. The summed E-state index contributed by atoms with van der Waals surface area (Å²) in [6, 6.07) is 5.67. The number of pyridine rings is 1. The fourth-order valence-corrected chi connectivity index (χ4v) is 2.04. The van der Waals surface area contributed by atoms with E-state index in [4.69, 9.17) is 5.73 Å². The van der Waals surface area contributed by atoms with E-state index in [0.29, 0.717) is 11.4 Å². The molecule has 2 rings (SSSR count). The van der Waals surface area contributed by atoms with Crippen molar-refractivity contribution in [2.75, 3.05) is 5.73 Å². The fourth-order valence-electron chi connectivity index (χ4n) is 2.04. The highest BCUT2D eigenvalue weighted by molar-refractivity contribution is 6.08. The molecule has 0 unspecified atom stereocenters. The molecule has 1 aromatic carbocycles. The van der Waals surface area contributed by atoms with Gasteiger partial charge in [-0.2, -0.15) is 0 Å². The van der Waals surface area contributed by atoms with E-state index in [1.165, 1.54) is 0 Å². The number of aryl methyl sites for hydroxylation is 1. The van der Waals surface area contributed by atoms with E-state index in [9.17, 15) is 4.79 Å². The molecule has 1 heterocycles. The second kappa shape index (κ2) is 4.53. The highest BCUT2D eigenvalue weighted by Gasteiger charge is 2.18. The lowest BCUT2D eigenvalue weighted by Gasteiger charge is -2.20. The largest absolute Gasteiger partial charge is 0.398 e. The number of carbonyl (C=O) groups excluding carboxylic acids is 1. The lowest BCUT2D eigenvalue weighted by atomic mass is 10.0. The Bertz CT molecular complexity index is 642. The zero-order valence-corrected chi connectivity index (χ0v) is 11.7. The Labute approximate surface area is 113 Å². The van der Waals surface area contributed by atoms with E-state index >= 15 is 0 Å². The van der Waals surface area contributed by atoms with E-state index in [1.807, 2.05) is 45.9 Å². The Balaban J connectivity index is 2.58. The van der Waals surface area contributed by atoms with Crippen molar-refractivity contribution in [2.24, 2.45) is 0 Å². The van der Waals surface area contributed by atoms with Crippen molar-refractivity contribution < 1.29 is 4.79 Å². The maximum atomic E-state index is 12.3. The number of fused-ring (bicyclic) bond motifs is 1. The average molecular weight is 257 g/mol. The van der Waals surface area contributed by atoms with Crippen LogP contribution >= 0.6 is 0 Å². The summed E-state index contributed by atoms with van der Waals surface area (Å²) in [7, 11) is 0. The van der Waals surface area contributed by atoms with Gasteiger partial charge in [0.25, 0.3) is 5.91 Å². The van der Waals surface area contributed by atoms with Crippen molar-refractivity contribution in [3.63, 3.8) is 0 Å². The minimum atomic E-state index is -0.295. The van der Waals surface area contributed by atoms with Crippen LogP contribution in [0.15, 0.2) is 24.4 Å². The summed E-state index contributed by atoms with van der Waals surface area (Å²) in [4.78, 5) is 16.5. The number of nitrogen functional groups attached to an aromatic ring is 1. The highest BCUT2D eigenvalue weighted by Crippen LogP contribution is 2.25. The summed E-state index contributed by atoms with van der Waals surface area (Å²) < 4.78 is 0. The minimum Gasteiger partial charge on any atom is -0.398 e. The third kappa shape index (κ3) is 2.84. The normalized spacial score (nSPS) is 11.6. The first-order chi connectivity index (χ1) is 8.78. The number of nitrogens with zero attached hydrogens (tertiary/aromatic N) is 1. The molecule has 4 nitrogen and oxygen atoms in total. The van der Waals surface area contributed by atoms with Crippen molar-refractivity contribution in [1.82, 2.24) is 10.3 Å². The van der Waals surface area contributed by atoms with Crippen LogP contribution in [0.5, 0.6) is 0 Å². The fraction of sp³-hybridized carbons (Fsp3) is 0.333. The predicted molar refractivity (Wildman–Crippen MR) is 78.1 cm³/mol. The van der Waals surface area contributed by atoms with Gasteiger partial charge in [-0.05, 0) is 51.5 Å². The van der Waals surface area contributed by atoms with Gasteiger partial charge in [0.2, 0.25) is 0 Å². The Morgan fingerprint density at radius 1 is 1.26 bits per heavy atom. The summed E-state index contributed by atoms with van der Waals surface area (Å²) in [5.41, 5.74) is 7.80. The van der Waals surface area contributed by atoms with E-state index in [2.05, 4.69) is 10.3 Å². The second-order valence-corrected chi connectivity index (χ2v) is 5.81. The van der Waals surface area contributed by atoms with Crippen LogP contribution in [-0.2, 0) is 0 Å². The van der Waals surface area contributed by atoms with Crippen molar-refractivity contribution in [1.29, 1.82) is 0 Å². The summed E-state index contributed by atoms with van der Waals surface area (Å²) >= 11 is 0. The molecule has 1 aromatic heterocycles. The predicted octanol–water partition coefficient (Wildman–Crippen LogP) is 2.65. The Hall–Kier alpha value is -2.10. The first-order valence-corrected chi connectivity index (χ1v) is 6.25. The summed E-state index contributed by atoms with van der Waals surface area (Å²) in [6.45, 7) is 7.77. The number of rotatable bonds is 1. The third-order valence-electron chi connectivity index (χ3n) is 2.76. The SMILES string of the molecule is Cc1cc(N)c2ccnc(C(=O)NC(C)(C)C)c2c1. The molecule has 0 saturated carbocycles. The Morgan fingerprint density at radius 2 is 1.95 bits per heavy atom. The first kappa shape index (κ1) is 13.3. The van der Waals surface area contributed by atoms with Crippen LogP contribution in [0.25, 0.3) is 10.8 Å². The minimum absolute atomic E-state index is 0.178. The topological polar surface area (TPSA) is 68.0 Å². The van der Waals surface area contributed by atoms with Gasteiger partial charge in [0.15, 0.2) is 0 Å². The standard InChI is InChI=1S/C15H19N3O/c1-9-7-11-10(12(16)8-9)5-6-17-13(11)14(19)18-15(2,3)4/h5-8H,16H2,1-4H3,(H,18,19). The number of aromatic nitrogens is 1. The van der Waals surface area contributed by atoms with Gasteiger partial charge in [-0.15, -0.1) is 0 Å². The molecule has 0 spiro atoms. The van der Waals surface area contributed by atoms with Crippen LogP contribution in [-0.4, -0.2) is 16.4 Å². The highest BCUT2D eigenvalue weighted by atomic mass is 16.2. The number of amides is 1. The molecule has 0 atom stereocenters. The number of anilines is 1. The van der Waals surface area contributed by atoms with Crippen molar-refractivity contribution >= 4 is 22.4 Å². The Kier molecular flexibility index (Phi) is 3.18. The molecular weight excluding hydrogens is 238 g/mol. The van der Waals surface area contributed by atoms with E-state index in [0.717, 1.165) is 16.3 Å². The smallest absolute Gasteiger partial charge is 0.270 e. The molecule has 0 aliphatic heterocycles. The van der Waals surface area contributed by atoms with Crippen molar-refractivity contribution in [3.05, 3.63) is 35.7 Å². The van der Waals surface area contributed by atoms with Crippen molar-refractivity contribution in [3.8, 4) is 0 Å². The number of benzene rings is 1. The number of nitrogens with one attached hydrogen (secondary N) is 1. The lowest BCUT2D eigenvalue weighted by Crippen LogP contribution is -2.41. The molecule has 19 heavy (non-hydrogen) atoms. The van der Waals surface area contributed by atoms with Gasteiger partial charge in [-0.3, -0.25) is 9.78 Å². The molecule has 3 N–H and O–H groups in total. The maximum Gasteiger partial charge on any atom is 0.270 e. The molecule has 0 aliphatic rings. The van der Waals surface area contributed by atoms with Crippen LogP contribution in [0.1, 0.15) is 36.8 Å². The number of hydrogen-bond donors (Lipinski definition) is 2. The van der Waals surface area contributed by atoms with Crippen LogP contribution in [0, 0.1) is 6.92 Å². The zero-order valence-electron chi connectivity index (χ0n) is 11.7. The molecule has 0 aliphatic carbocycles. The monoisotopic (exact) mass is 257 g/mol. The molecule has 4 heteroatoms. The number of carbonyl (C=O) groups is 1. The second-order valence-electron chi connectivity index (χ2n) is 5.81. The van der Waals surface area contributed by atoms with Crippen molar-refractivity contribution in [2.45, 2.75) is 33.2 Å².